The van der Waals surface area contributed by atoms with Gasteiger partial charge >= 0.3 is 0 Å². The highest BCUT2D eigenvalue weighted by Crippen LogP contribution is 2.22. The van der Waals surface area contributed by atoms with Crippen LogP contribution in [-0.4, -0.2) is 63.2 Å². The van der Waals surface area contributed by atoms with Crippen LogP contribution in [-0.2, 0) is 4.79 Å². The van der Waals surface area contributed by atoms with E-state index in [0.717, 1.165) is 43.1 Å². The van der Waals surface area contributed by atoms with Gasteiger partial charge in [-0.3, -0.25) is 9.59 Å². The molecule has 0 unspecified atom stereocenters. The average molecular weight is 426 g/mol. The van der Waals surface area contributed by atoms with E-state index >= 15 is 0 Å². The van der Waals surface area contributed by atoms with E-state index < -0.39 is 0 Å². The number of ether oxygens (including phenoxy) is 2. The summed E-state index contributed by atoms with van der Waals surface area (Å²) in [6, 6.07) is 14.9. The lowest BCUT2D eigenvalue weighted by Gasteiger charge is -2.36. The van der Waals surface area contributed by atoms with Gasteiger partial charge in [0, 0.05) is 43.5 Å². The third-order valence-corrected chi connectivity index (χ3v) is 5.33. The second-order valence-corrected chi connectivity index (χ2v) is 7.48. The Balaban J connectivity index is 1.43. The third-order valence-electron chi connectivity index (χ3n) is 5.33. The Morgan fingerprint density at radius 2 is 1.74 bits per heavy atom. The molecule has 2 amide bonds. The fraction of sp³-hybridized carbons (Fsp3) is 0.417. The molecule has 1 aliphatic rings. The molecule has 2 aromatic carbocycles. The predicted octanol–water partition coefficient (Wildman–Crippen LogP) is 2.95. The lowest BCUT2D eigenvalue weighted by atomic mass is 10.2. The number of rotatable bonds is 9. The first kappa shape index (κ1) is 22.5. The van der Waals surface area contributed by atoms with Crippen molar-refractivity contribution in [2.45, 2.75) is 19.8 Å². The minimum absolute atomic E-state index is 0.00720. The zero-order chi connectivity index (χ0) is 22.1. The van der Waals surface area contributed by atoms with E-state index in [1.807, 2.05) is 24.3 Å². The number of nitrogens with one attached hydrogen (secondary N) is 1. The first-order valence-corrected chi connectivity index (χ1v) is 10.8. The number of carbonyl (C=O) groups excluding carboxylic acids is 2. The number of hydrogen-bond donors (Lipinski definition) is 1. The van der Waals surface area contributed by atoms with Gasteiger partial charge in [0.05, 0.1) is 20.3 Å². The van der Waals surface area contributed by atoms with Crippen molar-refractivity contribution in [3.05, 3.63) is 54.1 Å². The summed E-state index contributed by atoms with van der Waals surface area (Å²) in [6.07, 6.45) is 2.07. The Labute approximate surface area is 183 Å². The van der Waals surface area contributed by atoms with Crippen LogP contribution in [0.5, 0.6) is 11.5 Å². The molecular weight excluding hydrogens is 394 g/mol. The molecule has 0 aromatic heterocycles. The van der Waals surface area contributed by atoms with Crippen LogP contribution >= 0.6 is 0 Å². The summed E-state index contributed by atoms with van der Waals surface area (Å²) in [4.78, 5) is 28.9. The van der Waals surface area contributed by atoms with Gasteiger partial charge in [-0.05, 0) is 42.8 Å². The Kier molecular flexibility index (Phi) is 8.15. The van der Waals surface area contributed by atoms with Crippen LogP contribution in [0.25, 0.3) is 0 Å². The van der Waals surface area contributed by atoms with Gasteiger partial charge in [0.2, 0.25) is 5.91 Å². The standard InChI is InChI=1S/C24H31N3O4/c1-3-4-16-31-21-10-8-19(9-11-21)24(29)25-18-23(28)27-14-12-26(13-15-27)20-6-5-7-22(17-20)30-2/h5-11,17H,3-4,12-16,18H2,1-2H3,(H,25,29). The van der Waals surface area contributed by atoms with Crippen molar-refractivity contribution in [2.24, 2.45) is 0 Å². The molecule has 7 nitrogen and oxygen atoms in total. The molecule has 0 radical (unpaired) electrons. The maximum atomic E-state index is 12.5. The molecule has 1 N–H and O–H groups in total. The first-order chi connectivity index (χ1) is 15.1. The van der Waals surface area contributed by atoms with E-state index in [0.29, 0.717) is 25.3 Å². The highest BCUT2D eigenvalue weighted by atomic mass is 16.5. The van der Waals surface area contributed by atoms with Gasteiger partial charge in [-0.1, -0.05) is 19.4 Å². The number of piperazine rings is 1. The molecule has 166 valence electrons. The monoisotopic (exact) mass is 425 g/mol. The largest absolute Gasteiger partial charge is 0.497 e. The second kappa shape index (κ2) is 11.2. The Bertz CT molecular complexity index is 861. The van der Waals surface area contributed by atoms with Crippen molar-refractivity contribution in [3.8, 4) is 11.5 Å². The van der Waals surface area contributed by atoms with Crippen molar-refractivity contribution >= 4 is 17.5 Å². The quantitative estimate of drug-likeness (QED) is 0.626. The molecular formula is C24H31N3O4. The lowest BCUT2D eigenvalue weighted by molar-refractivity contribution is -0.130. The summed E-state index contributed by atoms with van der Waals surface area (Å²) < 4.78 is 10.9. The molecule has 7 heteroatoms. The maximum absolute atomic E-state index is 12.5. The topological polar surface area (TPSA) is 71.1 Å². The molecule has 0 bridgehead atoms. The van der Waals surface area contributed by atoms with E-state index in [4.69, 9.17) is 9.47 Å². The van der Waals surface area contributed by atoms with Gasteiger partial charge in [0.25, 0.3) is 5.91 Å². The summed E-state index contributed by atoms with van der Waals surface area (Å²) in [5.74, 6) is 1.23. The van der Waals surface area contributed by atoms with Crippen LogP contribution < -0.4 is 19.7 Å². The number of benzene rings is 2. The van der Waals surface area contributed by atoms with E-state index in [-0.39, 0.29) is 18.4 Å². The van der Waals surface area contributed by atoms with Crippen LogP contribution in [0.3, 0.4) is 0 Å². The van der Waals surface area contributed by atoms with E-state index in [2.05, 4.69) is 17.1 Å². The molecule has 1 heterocycles. The highest BCUT2D eigenvalue weighted by Gasteiger charge is 2.22. The maximum Gasteiger partial charge on any atom is 0.251 e. The zero-order valence-corrected chi connectivity index (χ0v) is 18.3. The molecule has 2 aromatic rings. The van der Waals surface area contributed by atoms with Crippen molar-refractivity contribution in [3.63, 3.8) is 0 Å². The number of methoxy groups -OCH3 is 1. The molecule has 1 saturated heterocycles. The number of carbonyl (C=O) groups is 2. The molecule has 1 aliphatic heterocycles. The van der Waals surface area contributed by atoms with E-state index in [1.165, 1.54) is 0 Å². The molecule has 0 atom stereocenters. The summed E-state index contributed by atoms with van der Waals surface area (Å²) in [5, 5.41) is 2.72. The fourth-order valence-corrected chi connectivity index (χ4v) is 3.43. The number of nitrogens with zero attached hydrogens (tertiary/aromatic N) is 2. The van der Waals surface area contributed by atoms with Gasteiger partial charge in [0.1, 0.15) is 11.5 Å². The second-order valence-electron chi connectivity index (χ2n) is 7.48. The van der Waals surface area contributed by atoms with Crippen LogP contribution in [0.1, 0.15) is 30.1 Å². The summed E-state index contributed by atoms with van der Waals surface area (Å²) in [5.41, 5.74) is 1.60. The Hall–Kier alpha value is -3.22. The van der Waals surface area contributed by atoms with Crippen molar-refractivity contribution in [1.29, 1.82) is 0 Å². The highest BCUT2D eigenvalue weighted by molar-refractivity contribution is 5.96. The molecule has 0 aliphatic carbocycles. The number of unbranched alkanes of at least 4 members (excludes halogenated alkanes) is 1. The van der Waals surface area contributed by atoms with Gasteiger partial charge in [-0.25, -0.2) is 0 Å². The van der Waals surface area contributed by atoms with E-state index in [9.17, 15) is 9.59 Å². The minimum atomic E-state index is -0.261. The van der Waals surface area contributed by atoms with Gasteiger partial charge in [-0.15, -0.1) is 0 Å². The summed E-state index contributed by atoms with van der Waals surface area (Å²) in [6.45, 7) is 5.50. The SMILES string of the molecule is CCCCOc1ccc(C(=O)NCC(=O)N2CCN(c3cccc(OC)c3)CC2)cc1. The smallest absolute Gasteiger partial charge is 0.251 e. The average Bonchev–Trinajstić information content (AvgIpc) is 2.83. The van der Waals surface area contributed by atoms with Crippen LogP contribution in [0.4, 0.5) is 5.69 Å². The minimum Gasteiger partial charge on any atom is -0.497 e. The first-order valence-electron chi connectivity index (χ1n) is 10.8. The van der Waals surface area contributed by atoms with Gasteiger partial charge in [0.15, 0.2) is 0 Å². The van der Waals surface area contributed by atoms with Crippen LogP contribution in [0, 0.1) is 0 Å². The Morgan fingerprint density at radius 3 is 2.42 bits per heavy atom. The zero-order valence-electron chi connectivity index (χ0n) is 18.3. The molecule has 31 heavy (non-hydrogen) atoms. The predicted molar refractivity (Wildman–Crippen MR) is 121 cm³/mol. The van der Waals surface area contributed by atoms with Crippen LogP contribution in [0.2, 0.25) is 0 Å². The third kappa shape index (κ3) is 6.38. The van der Waals surface area contributed by atoms with Gasteiger partial charge in [-0.2, -0.15) is 0 Å². The summed E-state index contributed by atoms with van der Waals surface area (Å²) in [7, 11) is 1.65. The molecule has 3 rings (SSSR count). The van der Waals surface area contributed by atoms with Gasteiger partial charge < -0.3 is 24.6 Å². The molecule has 0 spiro atoms. The van der Waals surface area contributed by atoms with Crippen molar-refractivity contribution < 1.29 is 19.1 Å². The van der Waals surface area contributed by atoms with Crippen molar-refractivity contribution in [2.75, 3.05) is 51.3 Å². The number of amides is 2. The van der Waals surface area contributed by atoms with Crippen molar-refractivity contribution in [1.82, 2.24) is 10.2 Å². The normalized spacial score (nSPS) is 13.6. The molecule has 1 fully saturated rings. The fourth-order valence-electron chi connectivity index (χ4n) is 3.43. The lowest BCUT2D eigenvalue weighted by Crippen LogP contribution is -2.51. The number of anilines is 1. The number of hydrogen-bond acceptors (Lipinski definition) is 5. The Morgan fingerprint density at radius 1 is 1.00 bits per heavy atom. The molecule has 0 saturated carbocycles. The summed E-state index contributed by atoms with van der Waals surface area (Å²) >= 11 is 0. The van der Waals surface area contributed by atoms with E-state index in [1.54, 1.807) is 36.3 Å². The van der Waals surface area contributed by atoms with Crippen LogP contribution in [0.15, 0.2) is 48.5 Å².